The minimum absolute atomic E-state index is 0.0639. The Kier molecular flexibility index (Phi) is 13.1. The largest absolute Gasteiger partial charge is 0.478 e. The number of rotatable bonds is 14. The highest BCUT2D eigenvalue weighted by Gasteiger charge is 2.65. The maximum Gasteiger partial charge on any atom is 0.411 e. The predicted molar refractivity (Wildman–Crippen MR) is 206 cm³/mol. The molecule has 0 aliphatic heterocycles. The number of halogens is 4. The lowest BCUT2D eigenvalue weighted by Crippen LogP contribution is -2.48. The van der Waals surface area contributed by atoms with Crippen molar-refractivity contribution in [2.75, 3.05) is 11.9 Å². The average molecular weight is 825 g/mol. The van der Waals surface area contributed by atoms with Crippen LogP contribution in [-0.4, -0.2) is 79.4 Å². The van der Waals surface area contributed by atoms with Crippen molar-refractivity contribution in [3.63, 3.8) is 0 Å². The molecule has 0 radical (unpaired) electrons. The third kappa shape index (κ3) is 10.8. The van der Waals surface area contributed by atoms with Crippen molar-refractivity contribution >= 4 is 35.5 Å². The van der Waals surface area contributed by atoms with E-state index in [2.05, 4.69) is 26.0 Å². The number of carbonyl (C=O) groups excluding carboxylic acids is 3. The lowest BCUT2D eigenvalue weighted by molar-refractivity contribution is -0.231. The van der Waals surface area contributed by atoms with Crippen LogP contribution in [0.4, 0.5) is 28.0 Å². The smallest absolute Gasteiger partial charge is 0.411 e. The van der Waals surface area contributed by atoms with Gasteiger partial charge in [0.1, 0.15) is 11.6 Å². The first-order valence-electron chi connectivity index (χ1n) is 18.7. The monoisotopic (exact) mass is 824 g/mol. The molecule has 314 valence electrons. The van der Waals surface area contributed by atoms with E-state index in [1.807, 2.05) is 6.92 Å². The number of nitrogens with zero attached hydrogens (tertiary/aromatic N) is 2. The zero-order valence-corrected chi connectivity index (χ0v) is 32.6. The van der Waals surface area contributed by atoms with Crippen LogP contribution >= 0.6 is 0 Å². The van der Waals surface area contributed by atoms with E-state index in [0.717, 1.165) is 11.1 Å². The van der Waals surface area contributed by atoms with Gasteiger partial charge in [-0.25, -0.2) is 19.4 Å². The molecule has 18 heteroatoms. The quantitative estimate of drug-likeness (QED) is 0.0720. The standard InChI is InChI=1S/C41H44F4N6O8/c1-22-5-10-28(35(54)55)20-30(22)25-11-6-23(7-12-25)19-31(48-33(52)27-13-8-24(9-14-27)21-46-38(58)59-39(2,3)4)34(53)47-29-17-15-26(16-18-29)32-49-36(51-50-32)40(42,43)41(44,45)37(56)57/h5-7,10-12,15-18,20,24,27,31H,8-9,13-14,19,21H2,1-4H3,(H,46,58)(H,47,53)(H,48,52)(H,54,55)(H,56,57)(H,49,50,51)/t24?,27?,31-/m0/s1. The van der Waals surface area contributed by atoms with Crippen molar-refractivity contribution in [1.29, 1.82) is 0 Å². The highest BCUT2D eigenvalue weighted by atomic mass is 19.3. The van der Waals surface area contributed by atoms with Crippen molar-refractivity contribution in [3.05, 3.63) is 89.2 Å². The Bertz CT molecular complexity index is 2180. The summed E-state index contributed by atoms with van der Waals surface area (Å²) in [6.45, 7) is 7.56. The number of carboxylic acid groups (broad SMARTS) is 2. The van der Waals surface area contributed by atoms with Crippen molar-refractivity contribution in [2.45, 2.75) is 83.3 Å². The molecule has 1 atom stereocenters. The molecule has 0 spiro atoms. The SMILES string of the molecule is Cc1ccc(C(=O)O)cc1-c1ccc(C[C@H](NC(=O)C2CCC(CNC(=O)OC(C)(C)C)CC2)C(=O)Nc2ccc(-c3n[nH]c(C(F)(F)C(F)(F)C(=O)O)n3)cc2)cc1. The van der Waals surface area contributed by atoms with E-state index < -0.39 is 65.0 Å². The number of anilines is 1. The summed E-state index contributed by atoms with van der Waals surface area (Å²) < 4.78 is 61.2. The molecule has 1 saturated carbocycles. The molecule has 1 heterocycles. The van der Waals surface area contributed by atoms with Crippen molar-refractivity contribution in [2.24, 2.45) is 11.8 Å². The molecule has 5 rings (SSSR count). The number of aromatic nitrogens is 3. The second-order valence-electron chi connectivity index (χ2n) is 15.4. The number of aliphatic carboxylic acids is 1. The number of ether oxygens (including phenoxy) is 1. The zero-order valence-electron chi connectivity index (χ0n) is 32.6. The average Bonchev–Trinajstić information content (AvgIpc) is 3.68. The van der Waals surface area contributed by atoms with E-state index in [1.165, 1.54) is 30.3 Å². The minimum atomic E-state index is -5.46. The summed E-state index contributed by atoms with van der Waals surface area (Å²) in [5.74, 6) is -18.0. The maximum absolute atomic E-state index is 14.3. The topological polar surface area (TPSA) is 213 Å². The van der Waals surface area contributed by atoms with E-state index in [9.17, 15) is 46.6 Å². The van der Waals surface area contributed by atoms with Crippen LogP contribution < -0.4 is 16.0 Å². The number of aryl methyl sites for hydroxylation is 1. The fraction of sp³-hybridized carbons (Fsp3) is 0.390. The van der Waals surface area contributed by atoms with Crippen LogP contribution in [0.5, 0.6) is 0 Å². The molecule has 1 aromatic heterocycles. The van der Waals surface area contributed by atoms with Gasteiger partial charge in [-0.3, -0.25) is 14.7 Å². The van der Waals surface area contributed by atoms with Crippen LogP contribution in [-0.2, 0) is 31.5 Å². The molecular formula is C41H44F4N6O8. The van der Waals surface area contributed by atoms with E-state index in [0.29, 0.717) is 43.4 Å². The van der Waals surface area contributed by atoms with E-state index in [1.54, 1.807) is 62.3 Å². The van der Waals surface area contributed by atoms with Gasteiger partial charge >= 0.3 is 29.9 Å². The number of aromatic carboxylic acids is 1. The Labute approximate surface area is 336 Å². The summed E-state index contributed by atoms with van der Waals surface area (Å²) in [5, 5.41) is 31.6. The molecular weight excluding hydrogens is 780 g/mol. The number of aromatic amines is 1. The second-order valence-corrected chi connectivity index (χ2v) is 15.4. The zero-order chi connectivity index (χ0) is 43.3. The van der Waals surface area contributed by atoms with Crippen LogP contribution in [0.25, 0.3) is 22.5 Å². The van der Waals surface area contributed by atoms with E-state index >= 15 is 0 Å². The third-order valence-electron chi connectivity index (χ3n) is 9.83. The third-order valence-corrected chi connectivity index (χ3v) is 9.83. The Morgan fingerprint density at radius 2 is 1.51 bits per heavy atom. The number of hydrogen-bond donors (Lipinski definition) is 6. The van der Waals surface area contributed by atoms with Gasteiger partial charge in [-0.05, 0) is 118 Å². The van der Waals surface area contributed by atoms with Crippen LogP contribution in [0.1, 0.15) is 73.8 Å². The first-order valence-corrected chi connectivity index (χ1v) is 18.7. The van der Waals surface area contributed by atoms with Gasteiger partial charge < -0.3 is 30.9 Å². The summed E-state index contributed by atoms with van der Waals surface area (Å²) in [7, 11) is 0. The van der Waals surface area contributed by atoms with Crippen molar-refractivity contribution in [3.8, 4) is 22.5 Å². The van der Waals surface area contributed by atoms with Gasteiger partial charge in [-0.1, -0.05) is 30.3 Å². The van der Waals surface area contributed by atoms with E-state index in [-0.39, 0.29) is 35.1 Å². The van der Waals surface area contributed by atoms with Gasteiger partial charge in [0.25, 0.3) is 0 Å². The molecule has 1 aliphatic rings. The Morgan fingerprint density at radius 1 is 0.881 bits per heavy atom. The molecule has 59 heavy (non-hydrogen) atoms. The lowest BCUT2D eigenvalue weighted by atomic mass is 9.81. The number of carboxylic acids is 2. The number of amides is 3. The van der Waals surface area contributed by atoms with Crippen molar-refractivity contribution < 1.29 is 56.5 Å². The molecule has 1 aliphatic carbocycles. The first-order chi connectivity index (χ1) is 27.6. The summed E-state index contributed by atoms with van der Waals surface area (Å²) in [5.41, 5.74) is 2.78. The maximum atomic E-state index is 14.3. The van der Waals surface area contributed by atoms with Crippen LogP contribution in [0.2, 0.25) is 0 Å². The molecule has 3 amide bonds. The number of H-pyrrole nitrogens is 1. The van der Waals surface area contributed by atoms with Crippen LogP contribution in [0.15, 0.2) is 66.7 Å². The number of carbonyl (C=O) groups is 5. The Balaban J connectivity index is 1.29. The molecule has 0 saturated heterocycles. The molecule has 14 nitrogen and oxygen atoms in total. The molecule has 0 bridgehead atoms. The fourth-order valence-corrected chi connectivity index (χ4v) is 6.54. The van der Waals surface area contributed by atoms with Gasteiger partial charge in [-0.15, -0.1) is 0 Å². The Hall–Kier alpha value is -6.33. The first kappa shape index (κ1) is 43.8. The van der Waals surface area contributed by atoms with Crippen LogP contribution in [0.3, 0.4) is 0 Å². The number of alkyl halides is 4. The number of nitrogens with one attached hydrogen (secondary N) is 4. The highest BCUT2D eigenvalue weighted by molar-refractivity contribution is 5.98. The van der Waals surface area contributed by atoms with Gasteiger partial charge in [0.05, 0.1) is 5.56 Å². The van der Waals surface area contributed by atoms with Crippen molar-refractivity contribution in [1.82, 2.24) is 25.8 Å². The molecule has 0 unspecified atom stereocenters. The fourth-order valence-electron chi connectivity index (χ4n) is 6.54. The molecule has 1 fully saturated rings. The number of benzene rings is 3. The second kappa shape index (κ2) is 17.7. The molecule has 3 aromatic carbocycles. The van der Waals surface area contributed by atoms with Gasteiger partial charge in [0.2, 0.25) is 17.6 Å². The van der Waals surface area contributed by atoms with Gasteiger partial charge in [0, 0.05) is 30.1 Å². The summed E-state index contributed by atoms with van der Waals surface area (Å²) in [4.78, 5) is 65.3. The van der Waals surface area contributed by atoms with E-state index in [4.69, 9.17) is 9.84 Å². The molecule has 4 aromatic rings. The summed E-state index contributed by atoms with van der Waals surface area (Å²) in [6.07, 6.45) is 1.91. The number of alkyl carbamates (subject to hydrolysis) is 1. The Morgan fingerprint density at radius 3 is 2.10 bits per heavy atom. The summed E-state index contributed by atoms with van der Waals surface area (Å²) in [6, 6.07) is 16.2. The molecule has 6 N–H and O–H groups in total. The highest BCUT2D eigenvalue weighted by Crippen LogP contribution is 2.42. The lowest BCUT2D eigenvalue weighted by Gasteiger charge is -2.29. The van der Waals surface area contributed by atoms with Crippen LogP contribution in [0, 0.1) is 18.8 Å². The minimum Gasteiger partial charge on any atom is -0.478 e. The number of hydrogen-bond acceptors (Lipinski definition) is 8. The van der Waals surface area contributed by atoms with Gasteiger partial charge in [-0.2, -0.15) is 22.7 Å². The predicted octanol–water partition coefficient (Wildman–Crippen LogP) is 6.95. The summed E-state index contributed by atoms with van der Waals surface area (Å²) >= 11 is 0. The normalized spacial score (nSPS) is 16.4. The van der Waals surface area contributed by atoms with Gasteiger partial charge in [0.15, 0.2) is 5.82 Å².